The molecule has 0 bridgehead atoms. The van der Waals surface area contributed by atoms with E-state index in [1.807, 2.05) is 17.7 Å². The Labute approximate surface area is 90.0 Å². The summed E-state index contributed by atoms with van der Waals surface area (Å²) in [6.45, 7) is 10.5. The maximum atomic E-state index is 11.0. The summed E-state index contributed by atoms with van der Waals surface area (Å²) in [5.74, 6) is 0.883. The van der Waals surface area contributed by atoms with Gasteiger partial charge in [0.1, 0.15) is 0 Å². The highest BCUT2D eigenvalue weighted by molar-refractivity contribution is 5.98. The Morgan fingerprint density at radius 3 is 2.93 bits per heavy atom. The van der Waals surface area contributed by atoms with Crippen LogP contribution in [0.2, 0.25) is 0 Å². The molecule has 0 spiro atoms. The SMILES string of the molecule is C=CC(=O)Nc1cc(C)n(CC(C)C)n1. The average Bonchev–Trinajstić information content (AvgIpc) is 2.45. The number of anilines is 1. The highest BCUT2D eigenvalue weighted by Gasteiger charge is 2.06. The second-order valence-electron chi connectivity index (χ2n) is 3.94. The summed E-state index contributed by atoms with van der Waals surface area (Å²) in [4.78, 5) is 11.0. The number of aryl methyl sites for hydroxylation is 1. The Morgan fingerprint density at radius 1 is 1.73 bits per heavy atom. The molecule has 0 atom stereocenters. The van der Waals surface area contributed by atoms with Gasteiger partial charge in [-0.2, -0.15) is 5.10 Å². The summed E-state index contributed by atoms with van der Waals surface area (Å²) in [5.41, 5.74) is 1.04. The molecule has 1 N–H and O–H groups in total. The minimum Gasteiger partial charge on any atom is -0.306 e. The van der Waals surface area contributed by atoms with Crippen LogP contribution >= 0.6 is 0 Å². The van der Waals surface area contributed by atoms with Gasteiger partial charge in [-0.3, -0.25) is 9.48 Å². The van der Waals surface area contributed by atoms with Crippen molar-refractivity contribution in [2.24, 2.45) is 5.92 Å². The fourth-order valence-electron chi connectivity index (χ4n) is 1.28. The summed E-state index contributed by atoms with van der Waals surface area (Å²) in [5, 5.41) is 6.91. The Kier molecular flexibility index (Phi) is 3.66. The van der Waals surface area contributed by atoms with Gasteiger partial charge < -0.3 is 5.32 Å². The van der Waals surface area contributed by atoms with E-state index in [1.165, 1.54) is 6.08 Å². The first-order valence-corrected chi connectivity index (χ1v) is 5.00. The number of nitrogens with zero attached hydrogens (tertiary/aromatic N) is 2. The van der Waals surface area contributed by atoms with E-state index >= 15 is 0 Å². The molecule has 15 heavy (non-hydrogen) atoms. The highest BCUT2D eigenvalue weighted by Crippen LogP contribution is 2.10. The van der Waals surface area contributed by atoms with Crippen LogP contribution in [0.25, 0.3) is 0 Å². The minimum absolute atomic E-state index is 0.232. The van der Waals surface area contributed by atoms with Crippen molar-refractivity contribution in [1.29, 1.82) is 0 Å². The Hall–Kier alpha value is -1.58. The smallest absolute Gasteiger partial charge is 0.248 e. The number of aromatic nitrogens is 2. The van der Waals surface area contributed by atoms with Crippen molar-refractivity contribution in [2.75, 3.05) is 5.32 Å². The van der Waals surface area contributed by atoms with Crippen LogP contribution in [0.3, 0.4) is 0 Å². The third-order valence-corrected chi connectivity index (χ3v) is 1.96. The largest absolute Gasteiger partial charge is 0.306 e. The van der Waals surface area contributed by atoms with Gasteiger partial charge in [0.15, 0.2) is 5.82 Å². The van der Waals surface area contributed by atoms with E-state index in [1.54, 1.807) is 0 Å². The zero-order valence-electron chi connectivity index (χ0n) is 9.45. The summed E-state index contributed by atoms with van der Waals surface area (Å²) < 4.78 is 1.89. The van der Waals surface area contributed by atoms with Crippen molar-refractivity contribution < 1.29 is 4.79 Å². The number of hydrogen-bond acceptors (Lipinski definition) is 2. The number of hydrogen-bond donors (Lipinski definition) is 1. The van der Waals surface area contributed by atoms with Gasteiger partial charge in [-0.1, -0.05) is 20.4 Å². The summed E-state index contributed by atoms with van der Waals surface area (Å²) in [6.07, 6.45) is 1.23. The third-order valence-electron chi connectivity index (χ3n) is 1.96. The fraction of sp³-hybridized carbons (Fsp3) is 0.455. The lowest BCUT2D eigenvalue weighted by atomic mass is 10.2. The summed E-state index contributed by atoms with van der Waals surface area (Å²) in [7, 11) is 0. The molecule has 0 aliphatic heterocycles. The number of amides is 1. The molecule has 0 aliphatic carbocycles. The van der Waals surface area contributed by atoms with Crippen molar-refractivity contribution in [2.45, 2.75) is 27.3 Å². The Bertz CT molecular complexity index is 366. The number of nitrogens with one attached hydrogen (secondary N) is 1. The average molecular weight is 207 g/mol. The van der Waals surface area contributed by atoms with E-state index in [-0.39, 0.29) is 5.91 Å². The van der Waals surface area contributed by atoms with Gasteiger partial charge in [0.25, 0.3) is 0 Å². The monoisotopic (exact) mass is 207 g/mol. The first kappa shape index (κ1) is 11.5. The molecule has 82 valence electrons. The number of rotatable bonds is 4. The molecule has 1 heterocycles. The van der Waals surface area contributed by atoms with Crippen LogP contribution in [0.4, 0.5) is 5.82 Å². The lowest BCUT2D eigenvalue weighted by Crippen LogP contribution is -2.10. The molecule has 1 aromatic rings. The highest BCUT2D eigenvalue weighted by atomic mass is 16.1. The molecule has 0 aliphatic rings. The maximum Gasteiger partial charge on any atom is 0.248 e. The van der Waals surface area contributed by atoms with Crippen molar-refractivity contribution in [1.82, 2.24) is 9.78 Å². The molecule has 0 saturated heterocycles. The molecule has 0 radical (unpaired) electrons. The van der Waals surface area contributed by atoms with E-state index in [2.05, 4.69) is 30.8 Å². The molecule has 1 rings (SSSR count). The van der Waals surface area contributed by atoms with Crippen LogP contribution < -0.4 is 5.32 Å². The van der Waals surface area contributed by atoms with Gasteiger partial charge in [0, 0.05) is 18.3 Å². The predicted octanol–water partition coefficient (Wildman–Crippen LogP) is 1.97. The zero-order valence-corrected chi connectivity index (χ0v) is 9.45. The second kappa shape index (κ2) is 4.77. The van der Waals surface area contributed by atoms with E-state index in [9.17, 15) is 4.79 Å². The molecule has 4 nitrogen and oxygen atoms in total. The van der Waals surface area contributed by atoms with Gasteiger partial charge in [0.2, 0.25) is 5.91 Å². The lowest BCUT2D eigenvalue weighted by Gasteiger charge is -2.06. The van der Waals surface area contributed by atoms with Crippen LogP contribution in [0, 0.1) is 12.8 Å². The van der Waals surface area contributed by atoms with Crippen LogP contribution in [-0.2, 0) is 11.3 Å². The van der Waals surface area contributed by atoms with Crippen LogP contribution in [-0.4, -0.2) is 15.7 Å². The van der Waals surface area contributed by atoms with E-state index in [0.717, 1.165) is 12.2 Å². The molecule has 0 fully saturated rings. The van der Waals surface area contributed by atoms with Crippen molar-refractivity contribution in [3.63, 3.8) is 0 Å². The van der Waals surface area contributed by atoms with Gasteiger partial charge in [-0.15, -0.1) is 0 Å². The number of carbonyl (C=O) groups excluding carboxylic acids is 1. The van der Waals surface area contributed by atoms with Crippen LogP contribution in [0.1, 0.15) is 19.5 Å². The fourth-order valence-corrected chi connectivity index (χ4v) is 1.28. The van der Waals surface area contributed by atoms with Crippen molar-refractivity contribution in [3.8, 4) is 0 Å². The first-order valence-electron chi connectivity index (χ1n) is 5.00. The summed E-state index contributed by atoms with van der Waals surface area (Å²) in [6, 6.07) is 1.85. The van der Waals surface area contributed by atoms with E-state index < -0.39 is 0 Å². The van der Waals surface area contributed by atoms with Crippen LogP contribution in [0.5, 0.6) is 0 Å². The predicted molar refractivity (Wildman–Crippen MR) is 60.6 cm³/mol. The molecule has 1 aromatic heterocycles. The molecule has 1 amide bonds. The van der Waals surface area contributed by atoms with E-state index in [4.69, 9.17) is 0 Å². The molecule has 4 heteroatoms. The topological polar surface area (TPSA) is 46.9 Å². The molecular formula is C11H17N3O. The van der Waals surface area contributed by atoms with Gasteiger partial charge in [-0.05, 0) is 18.9 Å². The minimum atomic E-state index is -0.232. The van der Waals surface area contributed by atoms with Gasteiger partial charge in [0.05, 0.1) is 0 Å². The molecule has 0 unspecified atom stereocenters. The zero-order chi connectivity index (χ0) is 11.4. The molecule has 0 saturated carbocycles. The Morgan fingerprint density at radius 2 is 2.40 bits per heavy atom. The van der Waals surface area contributed by atoms with Gasteiger partial charge >= 0.3 is 0 Å². The van der Waals surface area contributed by atoms with Crippen LogP contribution in [0.15, 0.2) is 18.7 Å². The quantitative estimate of drug-likeness (QED) is 0.767. The van der Waals surface area contributed by atoms with Gasteiger partial charge in [-0.25, -0.2) is 0 Å². The molecule has 0 aromatic carbocycles. The van der Waals surface area contributed by atoms with Crippen molar-refractivity contribution in [3.05, 3.63) is 24.4 Å². The van der Waals surface area contributed by atoms with E-state index in [0.29, 0.717) is 11.7 Å². The maximum absolute atomic E-state index is 11.0. The third kappa shape index (κ3) is 3.23. The lowest BCUT2D eigenvalue weighted by molar-refractivity contribution is -0.111. The standard InChI is InChI=1S/C11H17N3O/c1-5-11(15)12-10-6-9(4)14(13-10)7-8(2)3/h5-6,8H,1,7H2,2-4H3,(H,12,13,15). The molecular weight excluding hydrogens is 190 g/mol. The van der Waals surface area contributed by atoms with Crippen molar-refractivity contribution >= 4 is 11.7 Å². The Balaban J connectivity index is 2.76. The normalized spacial score (nSPS) is 10.4. The second-order valence-corrected chi connectivity index (χ2v) is 3.94. The number of carbonyl (C=O) groups is 1. The summed E-state index contributed by atoms with van der Waals surface area (Å²) >= 11 is 0. The first-order chi connectivity index (χ1) is 7.02.